The van der Waals surface area contributed by atoms with Gasteiger partial charge in [-0.15, -0.1) is 6.58 Å². The number of nitrogens with zero attached hydrogens (tertiary/aromatic N) is 10. The fourth-order valence-electron chi connectivity index (χ4n) is 26.2. The molecule has 20 rings (SSSR count). The summed E-state index contributed by atoms with van der Waals surface area (Å²) >= 11 is 0. The molecule has 5 aromatic rings. The number of ether oxygens (including phenoxy) is 1. The van der Waals surface area contributed by atoms with Crippen LogP contribution in [0.2, 0.25) is 0 Å². The van der Waals surface area contributed by atoms with E-state index in [1.54, 1.807) is 20.3 Å². The van der Waals surface area contributed by atoms with Crippen LogP contribution < -0.4 is 0 Å². The fraction of sp³-hybridized carbons (Fsp3) is 0.552. The van der Waals surface area contributed by atoms with Crippen molar-refractivity contribution < 1.29 is 78.9 Å². The summed E-state index contributed by atoms with van der Waals surface area (Å²) in [6.07, 6.45) is 24.5. The highest BCUT2D eigenvalue weighted by Gasteiger charge is 2.62. The minimum Gasteiger partial charge on any atom is -0.504 e. The van der Waals surface area contributed by atoms with Gasteiger partial charge >= 0.3 is 24.6 Å². The number of methoxy groups -OCH3 is 1. The van der Waals surface area contributed by atoms with Gasteiger partial charge < -0.3 is 30.3 Å². The maximum atomic E-state index is 12.4. The van der Waals surface area contributed by atoms with Gasteiger partial charge in [-0.1, -0.05) is 167 Å². The number of aliphatic imine (C=N–C) groups is 5. The lowest BCUT2D eigenvalue weighted by Gasteiger charge is -2.57. The van der Waals surface area contributed by atoms with Crippen LogP contribution in [-0.2, 0) is 75.9 Å². The van der Waals surface area contributed by atoms with Crippen LogP contribution in [0.4, 0.5) is 28.4 Å². The van der Waals surface area contributed by atoms with Crippen molar-refractivity contribution in [3.63, 3.8) is 0 Å². The topological polar surface area (TPSA) is 342 Å². The van der Waals surface area contributed by atoms with Gasteiger partial charge in [0.15, 0.2) is 5.78 Å². The van der Waals surface area contributed by atoms with Crippen molar-refractivity contribution in [1.82, 2.24) is 24.5 Å². The van der Waals surface area contributed by atoms with Gasteiger partial charge in [-0.3, -0.25) is 54.3 Å². The van der Waals surface area contributed by atoms with E-state index in [0.29, 0.717) is 128 Å². The van der Waals surface area contributed by atoms with Gasteiger partial charge in [0.1, 0.15) is 28.0 Å². The van der Waals surface area contributed by atoms with Crippen molar-refractivity contribution in [2.75, 3.05) is 72.6 Å². The molecule has 25 nitrogen and oxygen atoms in total. The summed E-state index contributed by atoms with van der Waals surface area (Å²) in [4.78, 5) is 113. The van der Waals surface area contributed by atoms with Crippen LogP contribution in [-0.4, -0.2) is 211 Å². The molecule has 5 N–H and O–H groups in total. The van der Waals surface area contributed by atoms with E-state index in [1.165, 1.54) is 28.7 Å². The van der Waals surface area contributed by atoms with Crippen LogP contribution in [0.15, 0.2) is 187 Å². The number of piperidine rings is 10. The zero-order valence-corrected chi connectivity index (χ0v) is 86.4. The van der Waals surface area contributed by atoms with Crippen molar-refractivity contribution in [2.45, 2.75) is 279 Å². The molecule has 15 aliphatic rings. The number of rotatable bonds is 12. The third-order valence-corrected chi connectivity index (χ3v) is 33.9. The van der Waals surface area contributed by atoms with Gasteiger partial charge in [-0.2, -0.15) is 38.4 Å². The molecule has 0 aromatic heterocycles. The van der Waals surface area contributed by atoms with E-state index < -0.39 is 52.1 Å². The minimum atomic E-state index is -1.20. The molecule has 10 saturated heterocycles. The molecule has 0 spiro atoms. The van der Waals surface area contributed by atoms with Gasteiger partial charge in [0.2, 0.25) is 0 Å². The number of carbonyl (C=O) groups is 1. The van der Waals surface area contributed by atoms with E-state index in [-0.39, 0.29) is 53.7 Å². The minimum absolute atomic E-state index is 0.0223. The number of ketones is 1. The van der Waals surface area contributed by atoms with Gasteiger partial charge in [0, 0.05) is 98.8 Å². The van der Waals surface area contributed by atoms with Crippen molar-refractivity contribution >= 4 is 87.4 Å². The maximum absolute atomic E-state index is 12.4. The van der Waals surface area contributed by atoms with E-state index in [4.69, 9.17) is 68.1 Å². The van der Waals surface area contributed by atoms with E-state index in [1.807, 2.05) is 107 Å². The van der Waals surface area contributed by atoms with Crippen molar-refractivity contribution in [1.29, 1.82) is 0 Å². The van der Waals surface area contributed by atoms with Gasteiger partial charge in [0.05, 0.1) is 105 Å². The maximum Gasteiger partial charge on any atom is 0.373 e. The largest absolute Gasteiger partial charge is 0.504 e. The molecule has 0 saturated carbocycles. The number of Topliss-reactive ketones (excluding diaryl/α,β-unsaturated/α-hetero) is 1. The molecular formula is C116H150N10O15. The summed E-state index contributed by atoms with van der Waals surface area (Å²) in [6, 6.07) is 26.1. The molecule has 0 aliphatic carbocycles. The second kappa shape index (κ2) is 46.0. The average Bonchev–Trinajstić information content (AvgIpc) is 1.58. The number of aliphatic hydroxyl groups is 5. The molecule has 20 atom stereocenters. The van der Waals surface area contributed by atoms with E-state index in [0.717, 1.165) is 181 Å². The molecule has 25 heteroatoms. The lowest BCUT2D eigenvalue weighted by Crippen LogP contribution is -2.67. The lowest BCUT2D eigenvalue weighted by molar-refractivity contribution is -0.193. The van der Waals surface area contributed by atoms with Crippen LogP contribution in [0.25, 0.3) is 0 Å². The molecule has 10 fully saturated rings. The number of hydrogen-bond acceptors (Lipinski definition) is 25. The number of benzene rings is 5. The van der Waals surface area contributed by atoms with Crippen molar-refractivity contribution in [2.24, 2.45) is 84.1 Å². The summed E-state index contributed by atoms with van der Waals surface area (Å²) in [5.41, 5.74) is 18.4. The predicted octanol–water partition coefficient (Wildman–Crippen LogP) is 18.8. The smallest absolute Gasteiger partial charge is 0.373 e. The van der Waals surface area contributed by atoms with Crippen LogP contribution in [0.5, 0.6) is 0 Å². The zero-order valence-electron chi connectivity index (χ0n) is 90.4. The monoisotopic (exact) mass is 1930 g/mol. The van der Waals surface area contributed by atoms with Crippen molar-refractivity contribution in [3.05, 3.63) is 218 Å². The number of hydrogen-bond donors (Lipinski definition) is 5. The van der Waals surface area contributed by atoms with Gasteiger partial charge in [-0.25, -0.2) is 0 Å². The molecule has 5 aromatic carbocycles. The first kappa shape index (κ1) is 103. The SMILES string of the molecule is C/C=C(/C)[C@H]1C[C@@]2(C)C3=Nc4cccc(C)c4[C@@]3(O)CCN2C[C@H]1CC.O=C=O.O=C=O.O=C=O.O=C=O.[2H][C@@]12C[C@H](/C(C)=C\C)[C@@H](C=C)CN1CC[C@@]1(O)C2=Nc2cccc(C)c21.[2H][C@@]12C[C@H](/C(C)=C\C)[C@@H](CC)CN1CC[C@@]1(O)C2=Nc2cccc(C)c21.[2H][C@@]12C[C@H](/C(C)=C\C)[C@H](CC)CN1CC[C@@]1(O)C2=Nc2cccc(C)c21.[2H][C@]12C[C@H](/C(=C\OC)C(C)=O)[C@H](CC)CN1CC[C@@]1(O)C2=Nc2cccc(C)c21. The Morgan fingerprint density at radius 3 is 0.986 bits per heavy atom. The Morgan fingerprint density at radius 2 is 0.681 bits per heavy atom. The molecule has 754 valence electrons. The third-order valence-electron chi connectivity index (χ3n) is 33.9. The van der Waals surface area contributed by atoms with Gasteiger partial charge in [0.25, 0.3) is 0 Å². The average molecular weight is 1930 g/mol. The number of carbonyl (C=O) groups excluding carboxylic acids is 9. The molecule has 0 amide bonds. The Hall–Kier alpha value is -10.5. The normalized spacial score (nSPS) is 34.5. The van der Waals surface area contributed by atoms with Crippen LogP contribution >= 0.6 is 0 Å². The fourth-order valence-corrected chi connectivity index (χ4v) is 26.2. The molecule has 0 radical (unpaired) electrons. The second-order valence-corrected chi connectivity index (χ2v) is 40.9. The quantitative estimate of drug-likeness (QED) is 0.0440. The summed E-state index contributed by atoms with van der Waals surface area (Å²) in [5, 5.41) is 58.5. The Bertz CT molecular complexity index is 5830. The van der Waals surface area contributed by atoms with Gasteiger partial charge in [-0.05, 0) is 285 Å². The molecular weight excluding hydrogens is 1770 g/mol. The lowest BCUT2D eigenvalue weighted by atomic mass is 9.64. The second-order valence-electron chi connectivity index (χ2n) is 40.9. The highest BCUT2D eigenvalue weighted by atomic mass is 16.5. The van der Waals surface area contributed by atoms with Crippen LogP contribution in [0.1, 0.15) is 248 Å². The van der Waals surface area contributed by atoms with Crippen molar-refractivity contribution in [3.8, 4) is 0 Å². The van der Waals surface area contributed by atoms with Crippen LogP contribution in [0.3, 0.4) is 0 Å². The Balaban J connectivity index is 0.000000157. The summed E-state index contributed by atoms with van der Waals surface area (Å²) in [6.45, 7) is 52.5. The molecule has 0 bridgehead atoms. The molecule has 141 heavy (non-hydrogen) atoms. The molecule has 0 unspecified atom stereocenters. The Kier molecular flexibility index (Phi) is 33.7. The summed E-state index contributed by atoms with van der Waals surface area (Å²) < 4.78 is 43.0. The number of allylic oxidation sites excluding steroid dienone is 9. The summed E-state index contributed by atoms with van der Waals surface area (Å²) in [5.74, 6) is 3.91. The number of aryl methyl sites for hydroxylation is 5. The first-order chi connectivity index (χ1) is 68.8. The number of fused-ring (bicyclic) bond motifs is 25. The zero-order chi connectivity index (χ0) is 107. The predicted molar refractivity (Wildman–Crippen MR) is 548 cm³/mol. The first-order valence-corrected chi connectivity index (χ1v) is 50.5. The highest BCUT2D eigenvalue weighted by molar-refractivity contribution is 6.09. The highest BCUT2D eigenvalue weighted by Crippen LogP contribution is 2.58. The van der Waals surface area contributed by atoms with E-state index in [9.17, 15) is 35.8 Å². The van der Waals surface area contributed by atoms with E-state index in [2.05, 4.69) is 171 Å². The van der Waals surface area contributed by atoms with E-state index >= 15 is 0 Å². The standard InChI is InChI=1S/C23H30N2O3.C23H32N2O.2C22H30N2O.C22H28N2O.4CO2/c1-5-16-12-25-10-9-23(27)21-14(2)7-6-8-19(21)24-22(23)20(25)11-17(16)18(13-28-4)15(3)26;1-6-15(3)18-13-22(5)21-23(26,11-12-25(22)14-17(18)7-2)20-16(4)9-8-10-19(20)24-21;3*1-5-14(3)17-12-19-21-22(25,10-11-24(19)13-16(17)6-2)20-15(4)8-7-9-18(20)23-21;4*2-1-3/h6-8,13,16-17,20,27H,5,9-12H2,1-4H3;6,8-10,17-18,26H,7,11-14H2,1-5H3;2*5,7-9,16-17,19,25H,6,10-13H2,1-4H3;5-9,16-17,19,25H,2,10-13H2,1,3-4H3;;;;/b18-13-;15-6-;3*14-5-;;;;/t16-,17+,20-,23+;17-,18-,22+,23+;16-,17+,19-,22-;16-,17-,19+,22+;16-,17+,19-,22-;;;;/m11010..../s1/i20D;;3*19D;;;;. The Labute approximate surface area is 839 Å². The third kappa shape index (κ3) is 20.6. The Morgan fingerprint density at radius 1 is 0.411 bits per heavy atom. The first-order valence-electron chi connectivity index (χ1n) is 52.5. The molecule has 15 heterocycles. The molecule has 15 aliphatic heterocycles. The van der Waals surface area contributed by atoms with Crippen LogP contribution in [0, 0.1) is 93.8 Å². The summed E-state index contributed by atoms with van der Waals surface area (Å²) in [7, 11) is 1.55.